The number of hydrogen-bond acceptors (Lipinski definition) is 3. The molecule has 0 amide bonds. The number of rotatable bonds is 2. The number of aromatic nitrogens is 1. The Bertz CT molecular complexity index is 246. The minimum absolute atomic E-state index is 0.0435. The van der Waals surface area contributed by atoms with E-state index in [1.807, 2.05) is 0 Å². The number of carbonyl (C=O) groups is 1. The SMILES string of the molecule is CC(=O)C(N)c1cccnc1. The van der Waals surface area contributed by atoms with Gasteiger partial charge in [0, 0.05) is 12.4 Å². The summed E-state index contributed by atoms with van der Waals surface area (Å²) in [7, 11) is 0. The molecule has 1 rings (SSSR count). The lowest BCUT2D eigenvalue weighted by atomic mass is 10.1. The molecule has 0 bridgehead atoms. The molecule has 1 aromatic heterocycles. The average molecular weight is 150 g/mol. The second-order valence-corrected chi connectivity index (χ2v) is 2.37. The molecule has 11 heavy (non-hydrogen) atoms. The quantitative estimate of drug-likeness (QED) is 0.674. The molecular weight excluding hydrogens is 140 g/mol. The molecule has 3 heteroatoms. The number of pyridine rings is 1. The summed E-state index contributed by atoms with van der Waals surface area (Å²) in [6.07, 6.45) is 3.25. The van der Waals surface area contributed by atoms with Crippen molar-refractivity contribution in [1.82, 2.24) is 4.98 Å². The third kappa shape index (κ3) is 1.85. The van der Waals surface area contributed by atoms with Crippen LogP contribution in [-0.2, 0) is 4.79 Å². The summed E-state index contributed by atoms with van der Waals surface area (Å²) in [5.74, 6) is -0.0435. The molecule has 1 unspecified atom stereocenters. The first-order chi connectivity index (χ1) is 5.22. The van der Waals surface area contributed by atoms with Gasteiger partial charge in [0.05, 0.1) is 6.04 Å². The minimum atomic E-state index is -0.524. The highest BCUT2D eigenvalue weighted by atomic mass is 16.1. The van der Waals surface area contributed by atoms with Gasteiger partial charge in [0.2, 0.25) is 0 Å². The van der Waals surface area contributed by atoms with Gasteiger partial charge in [0.1, 0.15) is 0 Å². The van der Waals surface area contributed by atoms with Crippen LogP contribution in [-0.4, -0.2) is 10.8 Å². The van der Waals surface area contributed by atoms with Gasteiger partial charge in [-0.2, -0.15) is 0 Å². The molecule has 0 aliphatic carbocycles. The molecule has 1 atom stereocenters. The smallest absolute Gasteiger partial charge is 0.151 e. The van der Waals surface area contributed by atoms with Gasteiger partial charge in [-0.25, -0.2) is 0 Å². The second-order valence-electron chi connectivity index (χ2n) is 2.37. The molecule has 0 aliphatic heterocycles. The highest BCUT2D eigenvalue weighted by Crippen LogP contribution is 2.07. The number of Topliss-reactive ketones (excluding diaryl/α,β-unsaturated/α-hetero) is 1. The lowest BCUT2D eigenvalue weighted by Crippen LogP contribution is -2.18. The van der Waals surface area contributed by atoms with Crippen molar-refractivity contribution < 1.29 is 4.79 Å². The van der Waals surface area contributed by atoms with Crippen molar-refractivity contribution in [2.75, 3.05) is 0 Å². The van der Waals surface area contributed by atoms with Crippen LogP contribution in [0, 0.1) is 0 Å². The zero-order valence-electron chi connectivity index (χ0n) is 6.32. The standard InChI is InChI=1S/C8H10N2O/c1-6(11)8(9)7-3-2-4-10-5-7/h2-5,8H,9H2,1H3. The molecule has 1 heterocycles. The number of nitrogens with zero attached hydrogens (tertiary/aromatic N) is 1. The Balaban J connectivity index is 2.85. The fourth-order valence-corrected chi connectivity index (χ4v) is 0.795. The molecule has 0 spiro atoms. The maximum atomic E-state index is 10.8. The van der Waals surface area contributed by atoms with Gasteiger partial charge in [0.15, 0.2) is 5.78 Å². The molecule has 0 aliphatic rings. The van der Waals surface area contributed by atoms with Gasteiger partial charge < -0.3 is 5.73 Å². The molecule has 0 aromatic carbocycles. The number of ketones is 1. The molecule has 3 nitrogen and oxygen atoms in total. The maximum absolute atomic E-state index is 10.8. The largest absolute Gasteiger partial charge is 0.318 e. The van der Waals surface area contributed by atoms with Crippen LogP contribution in [0.1, 0.15) is 18.5 Å². The van der Waals surface area contributed by atoms with Gasteiger partial charge >= 0.3 is 0 Å². The summed E-state index contributed by atoms with van der Waals surface area (Å²) < 4.78 is 0. The molecule has 58 valence electrons. The molecule has 0 radical (unpaired) electrons. The van der Waals surface area contributed by atoms with Crippen LogP contribution in [0.3, 0.4) is 0 Å². The Morgan fingerprint density at radius 1 is 1.73 bits per heavy atom. The van der Waals surface area contributed by atoms with E-state index in [1.165, 1.54) is 6.92 Å². The monoisotopic (exact) mass is 150 g/mol. The van der Waals surface area contributed by atoms with Crippen LogP contribution < -0.4 is 5.73 Å². The third-order valence-electron chi connectivity index (χ3n) is 1.48. The molecule has 0 fully saturated rings. The van der Waals surface area contributed by atoms with Gasteiger partial charge in [0.25, 0.3) is 0 Å². The van der Waals surface area contributed by atoms with Crippen LogP contribution in [0.25, 0.3) is 0 Å². The lowest BCUT2D eigenvalue weighted by Gasteiger charge is -2.05. The summed E-state index contributed by atoms with van der Waals surface area (Å²) in [5, 5.41) is 0. The summed E-state index contributed by atoms with van der Waals surface area (Å²) in [6.45, 7) is 1.47. The van der Waals surface area contributed by atoms with E-state index in [-0.39, 0.29) is 5.78 Å². The Morgan fingerprint density at radius 3 is 2.91 bits per heavy atom. The first-order valence-electron chi connectivity index (χ1n) is 3.38. The Kier molecular flexibility index (Phi) is 2.33. The van der Waals surface area contributed by atoms with E-state index in [1.54, 1.807) is 24.5 Å². The Hall–Kier alpha value is -1.22. The normalized spacial score (nSPS) is 12.5. The molecule has 0 saturated carbocycles. The first kappa shape index (κ1) is 7.88. The first-order valence-corrected chi connectivity index (χ1v) is 3.38. The van der Waals surface area contributed by atoms with E-state index in [0.29, 0.717) is 0 Å². The van der Waals surface area contributed by atoms with Crippen molar-refractivity contribution >= 4 is 5.78 Å². The second kappa shape index (κ2) is 3.25. The van der Waals surface area contributed by atoms with E-state index >= 15 is 0 Å². The number of nitrogens with two attached hydrogens (primary N) is 1. The zero-order chi connectivity index (χ0) is 8.27. The fourth-order valence-electron chi connectivity index (χ4n) is 0.795. The van der Waals surface area contributed by atoms with Crippen molar-refractivity contribution in [2.45, 2.75) is 13.0 Å². The van der Waals surface area contributed by atoms with Crippen molar-refractivity contribution in [2.24, 2.45) is 5.73 Å². The third-order valence-corrected chi connectivity index (χ3v) is 1.48. The van der Waals surface area contributed by atoms with E-state index in [9.17, 15) is 4.79 Å². The van der Waals surface area contributed by atoms with Crippen molar-refractivity contribution in [3.8, 4) is 0 Å². The maximum Gasteiger partial charge on any atom is 0.151 e. The van der Waals surface area contributed by atoms with E-state index in [0.717, 1.165) is 5.56 Å². The molecule has 0 saturated heterocycles. The van der Waals surface area contributed by atoms with Gasteiger partial charge in [-0.15, -0.1) is 0 Å². The van der Waals surface area contributed by atoms with E-state index in [2.05, 4.69) is 4.98 Å². The molecular formula is C8H10N2O. The predicted molar refractivity (Wildman–Crippen MR) is 41.8 cm³/mol. The van der Waals surface area contributed by atoms with Crippen LogP contribution in [0.2, 0.25) is 0 Å². The van der Waals surface area contributed by atoms with Gasteiger partial charge in [-0.1, -0.05) is 6.07 Å². The molecule has 1 aromatic rings. The van der Waals surface area contributed by atoms with Crippen LogP contribution in [0.5, 0.6) is 0 Å². The van der Waals surface area contributed by atoms with Crippen LogP contribution >= 0.6 is 0 Å². The van der Waals surface area contributed by atoms with E-state index in [4.69, 9.17) is 5.73 Å². The van der Waals surface area contributed by atoms with Crippen molar-refractivity contribution in [1.29, 1.82) is 0 Å². The summed E-state index contributed by atoms with van der Waals surface area (Å²) in [5.41, 5.74) is 6.31. The van der Waals surface area contributed by atoms with Gasteiger partial charge in [-0.05, 0) is 18.6 Å². The van der Waals surface area contributed by atoms with Crippen molar-refractivity contribution in [3.63, 3.8) is 0 Å². The summed E-state index contributed by atoms with van der Waals surface area (Å²) >= 11 is 0. The highest BCUT2D eigenvalue weighted by molar-refractivity contribution is 5.82. The fraction of sp³-hybridized carbons (Fsp3) is 0.250. The predicted octanol–water partition coefficient (Wildman–Crippen LogP) is 0.670. The average Bonchev–Trinajstić information content (AvgIpc) is 2.05. The zero-order valence-corrected chi connectivity index (χ0v) is 6.32. The van der Waals surface area contributed by atoms with Crippen LogP contribution in [0.4, 0.5) is 0 Å². The number of hydrogen-bond donors (Lipinski definition) is 1. The van der Waals surface area contributed by atoms with Gasteiger partial charge in [-0.3, -0.25) is 9.78 Å². The highest BCUT2D eigenvalue weighted by Gasteiger charge is 2.09. The lowest BCUT2D eigenvalue weighted by molar-refractivity contribution is -0.118. The number of carbonyl (C=O) groups excluding carboxylic acids is 1. The van der Waals surface area contributed by atoms with Crippen molar-refractivity contribution in [3.05, 3.63) is 30.1 Å². The summed E-state index contributed by atoms with van der Waals surface area (Å²) in [6, 6.07) is 3.03. The minimum Gasteiger partial charge on any atom is -0.318 e. The van der Waals surface area contributed by atoms with Crippen LogP contribution in [0.15, 0.2) is 24.5 Å². The van der Waals surface area contributed by atoms with E-state index < -0.39 is 6.04 Å². The summed E-state index contributed by atoms with van der Waals surface area (Å²) in [4.78, 5) is 14.6. The Morgan fingerprint density at radius 2 is 2.45 bits per heavy atom. The Labute approximate surface area is 65.2 Å². The molecule has 2 N–H and O–H groups in total. The topological polar surface area (TPSA) is 56.0 Å².